The number of anilines is 1. The van der Waals surface area contributed by atoms with Gasteiger partial charge in [-0.15, -0.1) is 11.6 Å². The Morgan fingerprint density at radius 2 is 2.00 bits per heavy atom. The predicted octanol–water partition coefficient (Wildman–Crippen LogP) is 2.38. The van der Waals surface area contributed by atoms with Gasteiger partial charge in [0.1, 0.15) is 17.4 Å². The Labute approximate surface area is 127 Å². The number of ether oxygens (including phenoxy) is 1. The summed E-state index contributed by atoms with van der Waals surface area (Å²) in [7, 11) is 1.49. The molecule has 0 aliphatic carbocycles. The number of amides is 1. The molecule has 110 valence electrons. The normalized spacial score (nSPS) is 15.4. The Bertz CT molecular complexity index is 505. The molecule has 0 bridgehead atoms. The zero-order chi connectivity index (χ0) is 14.7. The van der Waals surface area contributed by atoms with Crippen molar-refractivity contribution < 1.29 is 13.9 Å². The topological polar surface area (TPSA) is 32.8 Å². The molecule has 4 nitrogen and oxygen atoms in total. The Hall–Kier alpha value is -1.20. The summed E-state index contributed by atoms with van der Waals surface area (Å²) in [6, 6.07) is 2.82. The van der Waals surface area contributed by atoms with Gasteiger partial charge >= 0.3 is 0 Å². The molecule has 2 rings (SSSR count). The first-order valence-electron chi connectivity index (χ1n) is 6.18. The molecule has 1 fully saturated rings. The van der Waals surface area contributed by atoms with E-state index in [0.29, 0.717) is 37.6 Å². The molecule has 1 aromatic rings. The summed E-state index contributed by atoms with van der Waals surface area (Å²) >= 11 is 11.4. The number of halogens is 3. The van der Waals surface area contributed by atoms with Gasteiger partial charge in [0.05, 0.1) is 17.8 Å². The summed E-state index contributed by atoms with van der Waals surface area (Å²) in [5, 5.41) is 0.240. The summed E-state index contributed by atoms with van der Waals surface area (Å²) in [5.41, 5.74) is 0.434. The monoisotopic (exact) mass is 320 g/mol. The van der Waals surface area contributed by atoms with E-state index < -0.39 is 5.82 Å². The number of rotatable bonds is 3. The fourth-order valence-corrected chi connectivity index (χ4v) is 2.59. The first-order chi connectivity index (χ1) is 9.56. The van der Waals surface area contributed by atoms with Crippen LogP contribution in [0.5, 0.6) is 5.75 Å². The molecule has 7 heteroatoms. The molecule has 0 radical (unpaired) electrons. The zero-order valence-electron chi connectivity index (χ0n) is 11.0. The number of piperazine rings is 1. The summed E-state index contributed by atoms with van der Waals surface area (Å²) < 4.78 is 19.1. The standard InChI is InChI=1S/C13H15Cl2FN2O2/c1-20-12-7-11(10(16)6-9(12)15)17-2-4-18(5-3-17)13(19)8-14/h6-7H,2-5,8H2,1H3. The molecule has 1 amide bonds. The van der Waals surface area contributed by atoms with E-state index in [2.05, 4.69) is 0 Å². The van der Waals surface area contributed by atoms with Crippen LogP contribution in [0.25, 0.3) is 0 Å². The highest BCUT2D eigenvalue weighted by atomic mass is 35.5. The van der Waals surface area contributed by atoms with Crippen molar-refractivity contribution in [2.45, 2.75) is 0 Å². The number of carbonyl (C=O) groups excluding carboxylic acids is 1. The van der Waals surface area contributed by atoms with Gasteiger partial charge in [0, 0.05) is 32.2 Å². The van der Waals surface area contributed by atoms with Crippen molar-refractivity contribution in [1.29, 1.82) is 0 Å². The van der Waals surface area contributed by atoms with Gasteiger partial charge in [0.15, 0.2) is 0 Å². The quantitative estimate of drug-likeness (QED) is 0.802. The van der Waals surface area contributed by atoms with Crippen LogP contribution in [0.15, 0.2) is 12.1 Å². The first kappa shape index (κ1) is 15.2. The van der Waals surface area contributed by atoms with Crippen LogP contribution in [0.2, 0.25) is 5.02 Å². The lowest BCUT2D eigenvalue weighted by Crippen LogP contribution is -2.49. The van der Waals surface area contributed by atoms with Crippen LogP contribution in [0, 0.1) is 5.82 Å². The number of methoxy groups -OCH3 is 1. The molecule has 0 atom stereocenters. The summed E-state index contributed by atoms with van der Waals surface area (Å²) in [6.45, 7) is 2.14. The fraction of sp³-hybridized carbons (Fsp3) is 0.462. The molecule has 1 saturated heterocycles. The van der Waals surface area contributed by atoms with Crippen LogP contribution in [-0.4, -0.2) is 50.0 Å². The van der Waals surface area contributed by atoms with Crippen molar-refractivity contribution in [3.8, 4) is 5.75 Å². The SMILES string of the molecule is COc1cc(N2CCN(C(=O)CCl)CC2)c(F)cc1Cl. The van der Waals surface area contributed by atoms with E-state index in [1.54, 1.807) is 11.0 Å². The van der Waals surface area contributed by atoms with Gasteiger partial charge in [0.2, 0.25) is 5.91 Å². The molecule has 0 saturated carbocycles. The van der Waals surface area contributed by atoms with Gasteiger partial charge in [-0.3, -0.25) is 4.79 Å². The summed E-state index contributed by atoms with van der Waals surface area (Å²) in [4.78, 5) is 15.0. The Morgan fingerprint density at radius 1 is 1.35 bits per heavy atom. The van der Waals surface area contributed by atoms with Gasteiger partial charge in [-0.1, -0.05) is 11.6 Å². The van der Waals surface area contributed by atoms with Crippen LogP contribution in [0.4, 0.5) is 10.1 Å². The van der Waals surface area contributed by atoms with Crippen molar-refractivity contribution in [2.24, 2.45) is 0 Å². The Kier molecular flexibility index (Phi) is 4.94. The molecular formula is C13H15Cl2FN2O2. The molecule has 0 N–H and O–H groups in total. The molecule has 1 aliphatic heterocycles. The number of carbonyl (C=O) groups is 1. The van der Waals surface area contributed by atoms with Crippen molar-refractivity contribution in [3.05, 3.63) is 23.0 Å². The highest BCUT2D eigenvalue weighted by molar-refractivity contribution is 6.32. The number of benzene rings is 1. The highest BCUT2D eigenvalue weighted by Crippen LogP contribution is 2.32. The third-order valence-electron chi connectivity index (χ3n) is 3.31. The number of hydrogen-bond donors (Lipinski definition) is 0. The highest BCUT2D eigenvalue weighted by Gasteiger charge is 2.23. The molecule has 1 aliphatic rings. The van der Waals surface area contributed by atoms with Crippen molar-refractivity contribution in [2.75, 3.05) is 44.1 Å². The molecule has 1 aromatic carbocycles. The van der Waals surface area contributed by atoms with E-state index in [0.717, 1.165) is 0 Å². The molecule has 0 aromatic heterocycles. The fourth-order valence-electron chi connectivity index (χ4n) is 2.20. The largest absolute Gasteiger partial charge is 0.495 e. The predicted molar refractivity (Wildman–Crippen MR) is 77.5 cm³/mol. The molecule has 0 spiro atoms. The maximum Gasteiger partial charge on any atom is 0.237 e. The Balaban J connectivity index is 2.12. The molecule has 20 heavy (non-hydrogen) atoms. The van der Waals surface area contributed by atoms with Gasteiger partial charge < -0.3 is 14.5 Å². The zero-order valence-corrected chi connectivity index (χ0v) is 12.5. The lowest BCUT2D eigenvalue weighted by Gasteiger charge is -2.36. The lowest BCUT2D eigenvalue weighted by atomic mass is 10.2. The minimum Gasteiger partial charge on any atom is -0.495 e. The van der Waals surface area contributed by atoms with Gasteiger partial charge in [-0.25, -0.2) is 4.39 Å². The number of nitrogens with zero attached hydrogens (tertiary/aromatic N) is 2. The number of alkyl halides is 1. The maximum absolute atomic E-state index is 14.0. The average Bonchev–Trinajstić information content (AvgIpc) is 2.47. The molecule has 0 unspecified atom stereocenters. The van der Waals surface area contributed by atoms with Gasteiger partial charge in [-0.2, -0.15) is 0 Å². The van der Waals surface area contributed by atoms with Gasteiger partial charge in [0.25, 0.3) is 0 Å². The van der Waals surface area contributed by atoms with E-state index >= 15 is 0 Å². The van der Waals surface area contributed by atoms with Gasteiger partial charge in [-0.05, 0) is 6.07 Å². The van der Waals surface area contributed by atoms with E-state index in [9.17, 15) is 9.18 Å². The first-order valence-corrected chi connectivity index (χ1v) is 7.09. The van der Waals surface area contributed by atoms with E-state index in [1.807, 2.05) is 4.90 Å². The lowest BCUT2D eigenvalue weighted by molar-refractivity contribution is -0.128. The average molecular weight is 321 g/mol. The van der Waals surface area contributed by atoms with E-state index in [1.165, 1.54) is 13.2 Å². The maximum atomic E-state index is 14.0. The third kappa shape index (κ3) is 3.10. The van der Waals surface area contributed by atoms with E-state index in [4.69, 9.17) is 27.9 Å². The molecular weight excluding hydrogens is 306 g/mol. The number of hydrogen-bond acceptors (Lipinski definition) is 3. The third-order valence-corrected chi connectivity index (χ3v) is 3.83. The second kappa shape index (κ2) is 6.50. The second-order valence-electron chi connectivity index (χ2n) is 4.44. The second-order valence-corrected chi connectivity index (χ2v) is 5.11. The summed E-state index contributed by atoms with van der Waals surface area (Å²) in [5.74, 6) is -0.0842. The van der Waals surface area contributed by atoms with Crippen LogP contribution in [-0.2, 0) is 4.79 Å². The van der Waals surface area contributed by atoms with Crippen molar-refractivity contribution in [3.63, 3.8) is 0 Å². The van der Waals surface area contributed by atoms with Crippen molar-refractivity contribution in [1.82, 2.24) is 4.90 Å². The Morgan fingerprint density at radius 3 is 2.55 bits per heavy atom. The van der Waals surface area contributed by atoms with Crippen LogP contribution in [0.3, 0.4) is 0 Å². The minimum atomic E-state index is -0.395. The smallest absolute Gasteiger partial charge is 0.237 e. The van der Waals surface area contributed by atoms with E-state index in [-0.39, 0.29) is 16.8 Å². The summed E-state index contributed by atoms with van der Waals surface area (Å²) in [6.07, 6.45) is 0. The van der Waals surface area contributed by atoms with Crippen LogP contribution >= 0.6 is 23.2 Å². The van der Waals surface area contributed by atoms with Crippen LogP contribution < -0.4 is 9.64 Å². The van der Waals surface area contributed by atoms with Crippen LogP contribution in [0.1, 0.15) is 0 Å². The molecule has 1 heterocycles. The van der Waals surface area contributed by atoms with Crippen molar-refractivity contribution >= 4 is 34.8 Å². The minimum absolute atomic E-state index is 0.0247.